The number of amides is 11. The van der Waals surface area contributed by atoms with E-state index in [1.807, 2.05) is 55.4 Å². The summed E-state index contributed by atoms with van der Waals surface area (Å²) in [5.74, 6) is -8.13. The number of carbonyl (C=O) groups excluding carboxylic acids is 11. The van der Waals surface area contributed by atoms with Crippen molar-refractivity contribution in [2.24, 2.45) is 35.5 Å². The van der Waals surface area contributed by atoms with Gasteiger partial charge in [0.25, 0.3) is 0 Å². The molecule has 0 bridgehead atoms. The fourth-order valence-corrected chi connectivity index (χ4v) is 9.98. The minimum Gasteiger partial charge on any atom is -0.343 e. The van der Waals surface area contributed by atoms with Gasteiger partial charge < -0.3 is 55.6 Å². The maximum absolute atomic E-state index is 14.9. The van der Waals surface area contributed by atoms with Crippen molar-refractivity contribution in [2.75, 3.05) is 55.9 Å². The third-order valence-electron chi connectivity index (χ3n) is 14.9. The molecule has 0 aromatic heterocycles. The van der Waals surface area contributed by atoms with Gasteiger partial charge in [-0.1, -0.05) is 96.9 Å². The second-order valence-corrected chi connectivity index (χ2v) is 24.3. The summed E-state index contributed by atoms with van der Waals surface area (Å²) in [5, 5.41) is 11.0. The van der Waals surface area contributed by atoms with E-state index in [2.05, 4.69) is 21.3 Å². The normalized spacial score (nSPS) is 27.1. The Morgan fingerprint density at radius 2 is 0.759 bits per heavy atom. The second kappa shape index (κ2) is 31.8. The topological polar surface area (TPSA) is 259 Å². The van der Waals surface area contributed by atoms with Gasteiger partial charge in [0.2, 0.25) is 65.0 Å². The Morgan fingerprint density at radius 1 is 0.380 bits per heavy atom. The molecule has 452 valence electrons. The average Bonchev–Trinajstić information content (AvgIpc) is 3.35. The summed E-state index contributed by atoms with van der Waals surface area (Å²) in [5.41, 5.74) is 0. The van der Waals surface area contributed by atoms with Crippen molar-refractivity contribution in [3.8, 4) is 0 Å². The van der Waals surface area contributed by atoms with Crippen molar-refractivity contribution in [3.63, 3.8) is 0 Å². The molecule has 0 aromatic carbocycles. The maximum atomic E-state index is 14.9. The average molecular weight is 1120 g/mol. The van der Waals surface area contributed by atoms with Crippen LogP contribution in [0.15, 0.2) is 0 Å². The van der Waals surface area contributed by atoms with Crippen LogP contribution in [-0.2, 0) is 52.7 Å². The first-order valence-electron chi connectivity index (χ1n) is 28.4. The summed E-state index contributed by atoms with van der Waals surface area (Å²) in [6, 6.07) is -11.3. The van der Waals surface area contributed by atoms with Crippen molar-refractivity contribution in [1.29, 1.82) is 0 Å². The molecule has 1 fully saturated rings. The number of likely N-dealkylation sites (N-methyl/N-ethyl adjacent to an activating group) is 7. The van der Waals surface area contributed by atoms with Gasteiger partial charge in [-0.05, 0) is 87.9 Å². The molecule has 22 heteroatoms. The zero-order valence-electron chi connectivity index (χ0n) is 52.3. The SMILES string of the molecule is CC[C@@H]1NC(=O)[C@H](CC)N(C)C(=O)[C@H](C(C)C)N(C)C(=O)[C@H](CC(C)C)N(C)C(=O)[C@H](CC(C)C)N(C)C(=O)[C@@H](C)NC(=O)[C@H](C)NC(=O)[C@H](CC(C)C)N(C)C(=O)[C@H](C(C)C)NC(=O)[C@H](CC(C)C)N(C)C(=O)CN(C)C1=O. The van der Waals surface area contributed by atoms with Crippen LogP contribution in [0.1, 0.15) is 149 Å². The van der Waals surface area contributed by atoms with Gasteiger partial charge in [0.15, 0.2) is 0 Å². The van der Waals surface area contributed by atoms with E-state index in [-0.39, 0.29) is 62.2 Å². The summed E-state index contributed by atoms with van der Waals surface area (Å²) in [6.45, 7) is 27.8. The van der Waals surface area contributed by atoms with E-state index < -0.39 is 144 Å². The van der Waals surface area contributed by atoms with E-state index in [1.165, 1.54) is 92.6 Å². The highest BCUT2D eigenvalue weighted by Crippen LogP contribution is 2.24. The highest BCUT2D eigenvalue weighted by atomic mass is 16.2. The van der Waals surface area contributed by atoms with Crippen LogP contribution >= 0.6 is 0 Å². The van der Waals surface area contributed by atoms with Gasteiger partial charge in [0.1, 0.15) is 60.4 Å². The zero-order chi connectivity index (χ0) is 61.4. The van der Waals surface area contributed by atoms with Crippen molar-refractivity contribution in [1.82, 2.24) is 55.6 Å². The second-order valence-electron chi connectivity index (χ2n) is 24.3. The van der Waals surface area contributed by atoms with Crippen LogP contribution < -0.4 is 21.3 Å². The maximum Gasteiger partial charge on any atom is 0.246 e. The molecule has 0 radical (unpaired) electrons. The van der Waals surface area contributed by atoms with E-state index in [4.69, 9.17) is 0 Å². The molecule has 0 aliphatic carbocycles. The van der Waals surface area contributed by atoms with Gasteiger partial charge in [0, 0.05) is 49.3 Å². The molecule has 0 saturated carbocycles. The lowest BCUT2D eigenvalue weighted by atomic mass is 9.95. The Balaban J connectivity index is 4.13. The molecular weight excluding hydrogens is 1010 g/mol. The molecule has 1 aliphatic heterocycles. The Bertz CT molecular complexity index is 2130. The molecule has 1 aliphatic rings. The standard InChI is InChI=1S/C57H103N11O11/c1-24-39-53(75)62(17)30-45(69)63(18)41(26-31(3)4)51(73)61-46(35(11)12)56(78)65(20)42(27-32(5)6)50(72)58-37(15)48(70)59-38(16)52(74)66(21)43(28-33(7)8)54(76)67(22)44(29-34(9)10)55(77)68(23)47(36(13)14)57(79)64(19)40(25-2)49(71)60-39/h31-44,46-47H,24-30H2,1-23H3,(H,58,72)(H,59,70)(H,60,71)(H,61,73)/t37-,38+,39-,40-,41-,42-,43-,44-,46-,47-/m0/s1. The minimum atomic E-state index is -1.21. The van der Waals surface area contributed by atoms with Crippen LogP contribution in [0.25, 0.3) is 0 Å². The molecular formula is C57H103N11O11. The number of nitrogens with zero attached hydrogens (tertiary/aromatic N) is 7. The molecule has 22 nitrogen and oxygen atoms in total. The van der Waals surface area contributed by atoms with Gasteiger partial charge in [0.05, 0.1) is 6.54 Å². The number of carbonyl (C=O) groups is 11. The summed E-state index contributed by atoms with van der Waals surface area (Å²) >= 11 is 0. The summed E-state index contributed by atoms with van der Waals surface area (Å²) in [7, 11) is 10.2. The lowest BCUT2D eigenvalue weighted by molar-refractivity contribution is -0.156. The largest absolute Gasteiger partial charge is 0.343 e. The van der Waals surface area contributed by atoms with Crippen LogP contribution in [0.3, 0.4) is 0 Å². The van der Waals surface area contributed by atoms with Crippen LogP contribution in [0.4, 0.5) is 0 Å². The number of rotatable bonds is 12. The summed E-state index contributed by atoms with van der Waals surface area (Å²) in [6.07, 6.45) is 0.994. The smallest absolute Gasteiger partial charge is 0.246 e. The van der Waals surface area contributed by atoms with Gasteiger partial charge in [-0.3, -0.25) is 52.7 Å². The summed E-state index contributed by atoms with van der Waals surface area (Å²) < 4.78 is 0. The number of nitrogens with one attached hydrogen (secondary N) is 4. The van der Waals surface area contributed by atoms with Crippen molar-refractivity contribution < 1.29 is 52.7 Å². The molecule has 1 saturated heterocycles. The van der Waals surface area contributed by atoms with Gasteiger partial charge in [-0.2, -0.15) is 0 Å². The zero-order valence-corrected chi connectivity index (χ0v) is 52.3. The quantitative estimate of drug-likeness (QED) is 0.221. The Labute approximate surface area is 472 Å². The van der Waals surface area contributed by atoms with E-state index >= 15 is 0 Å². The Hall–Kier alpha value is -5.83. The molecule has 79 heavy (non-hydrogen) atoms. The highest BCUT2D eigenvalue weighted by molar-refractivity contribution is 5.99. The number of hydrogen-bond acceptors (Lipinski definition) is 11. The highest BCUT2D eigenvalue weighted by Gasteiger charge is 2.43. The molecule has 4 N–H and O–H groups in total. The Kier molecular flexibility index (Phi) is 28.7. The fourth-order valence-electron chi connectivity index (χ4n) is 9.98. The predicted molar refractivity (Wildman–Crippen MR) is 304 cm³/mol. The van der Waals surface area contributed by atoms with Gasteiger partial charge >= 0.3 is 0 Å². The van der Waals surface area contributed by atoms with Gasteiger partial charge in [-0.25, -0.2) is 0 Å². The lowest BCUT2D eigenvalue weighted by Gasteiger charge is -2.40. The third kappa shape index (κ3) is 19.7. The lowest BCUT2D eigenvalue weighted by Crippen LogP contribution is -2.61. The van der Waals surface area contributed by atoms with Gasteiger partial charge in [-0.15, -0.1) is 0 Å². The Morgan fingerprint density at radius 3 is 1.19 bits per heavy atom. The van der Waals surface area contributed by atoms with Crippen molar-refractivity contribution in [2.45, 2.75) is 210 Å². The molecule has 1 rings (SSSR count). The van der Waals surface area contributed by atoms with Crippen LogP contribution in [0.5, 0.6) is 0 Å². The molecule has 11 amide bonds. The monoisotopic (exact) mass is 1120 g/mol. The first-order chi connectivity index (χ1) is 36.4. The third-order valence-corrected chi connectivity index (χ3v) is 14.9. The number of hydrogen-bond donors (Lipinski definition) is 4. The summed E-state index contributed by atoms with van der Waals surface area (Å²) in [4.78, 5) is 167. The molecule has 1 heterocycles. The van der Waals surface area contributed by atoms with Crippen LogP contribution in [0, 0.1) is 35.5 Å². The molecule has 0 aromatic rings. The first kappa shape index (κ1) is 71.2. The van der Waals surface area contributed by atoms with E-state index in [1.54, 1.807) is 41.5 Å². The molecule has 0 unspecified atom stereocenters. The predicted octanol–water partition coefficient (Wildman–Crippen LogP) is 2.72. The van der Waals surface area contributed by atoms with Crippen LogP contribution in [0.2, 0.25) is 0 Å². The van der Waals surface area contributed by atoms with E-state index in [0.717, 1.165) is 4.90 Å². The van der Waals surface area contributed by atoms with E-state index in [9.17, 15) is 52.7 Å². The fraction of sp³-hybridized carbons (Fsp3) is 0.807. The van der Waals surface area contributed by atoms with Crippen molar-refractivity contribution >= 4 is 65.0 Å². The first-order valence-corrected chi connectivity index (χ1v) is 28.4. The molecule has 0 spiro atoms. The molecule has 10 atom stereocenters. The minimum absolute atomic E-state index is 0.106. The van der Waals surface area contributed by atoms with Crippen LogP contribution in [-0.4, -0.2) is 216 Å². The van der Waals surface area contributed by atoms with Crippen molar-refractivity contribution in [3.05, 3.63) is 0 Å². The van der Waals surface area contributed by atoms with E-state index in [0.29, 0.717) is 0 Å².